The number of carbonyl (C=O) groups is 2. The molecule has 0 saturated carbocycles. The van der Waals surface area contributed by atoms with Gasteiger partial charge in [0.05, 0.1) is 0 Å². The largest absolute Gasteiger partial charge is 0.326 e. The van der Waals surface area contributed by atoms with Crippen LogP contribution in [0, 0.1) is 0 Å². The maximum absolute atomic E-state index is 12.3. The Morgan fingerprint density at radius 2 is 1.61 bits per heavy atom. The van der Waals surface area contributed by atoms with Gasteiger partial charge in [0.15, 0.2) is 0 Å². The summed E-state index contributed by atoms with van der Waals surface area (Å²) in [6, 6.07) is 19.5. The van der Waals surface area contributed by atoms with E-state index in [4.69, 9.17) is 0 Å². The van der Waals surface area contributed by atoms with Crippen molar-refractivity contribution in [2.75, 3.05) is 5.32 Å². The summed E-state index contributed by atoms with van der Waals surface area (Å²) < 4.78 is 0.843. The fraction of sp³-hybridized carbons (Fsp3) is 0. The number of imide groups is 1. The Labute approximate surface area is 141 Å². The molecule has 5 heteroatoms. The van der Waals surface area contributed by atoms with Crippen LogP contribution < -0.4 is 10.6 Å². The van der Waals surface area contributed by atoms with E-state index in [0.717, 1.165) is 15.2 Å². The number of urea groups is 1. The van der Waals surface area contributed by atoms with Gasteiger partial charge in [0, 0.05) is 15.7 Å². The highest BCUT2D eigenvalue weighted by atomic mass is 79.9. The first kappa shape index (κ1) is 15.2. The minimum atomic E-state index is -0.568. The van der Waals surface area contributed by atoms with Gasteiger partial charge in [-0.1, -0.05) is 58.4 Å². The van der Waals surface area contributed by atoms with Gasteiger partial charge in [0.25, 0.3) is 5.91 Å². The molecule has 4 nitrogen and oxygen atoms in total. The minimum Gasteiger partial charge on any atom is -0.308 e. The molecular weight excluding hydrogens is 356 g/mol. The number of hydrogen-bond donors (Lipinski definition) is 2. The zero-order valence-electron chi connectivity index (χ0n) is 12.0. The summed E-state index contributed by atoms with van der Waals surface area (Å²) in [6.45, 7) is 0. The van der Waals surface area contributed by atoms with Crippen LogP contribution in [0.2, 0.25) is 0 Å². The van der Waals surface area contributed by atoms with Crippen molar-refractivity contribution in [3.63, 3.8) is 0 Å². The molecule has 0 unspecified atom stereocenters. The maximum atomic E-state index is 12.3. The molecule has 0 aliphatic carbocycles. The molecule has 0 spiro atoms. The molecule has 0 aromatic heterocycles. The molecule has 2 N–H and O–H groups in total. The van der Waals surface area contributed by atoms with Gasteiger partial charge in [0.2, 0.25) is 0 Å². The Bertz CT molecular complexity index is 888. The lowest BCUT2D eigenvalue weighted by Gasteiger charge is -2.09. The van der Waals surface area contributed by atoms with Gasteiger partial charge in [-0.2, -0.15) is 0 Å². The summed E-state index contributed by atoms with van der Waals surface area (Å²) in [7, 11) is 0. The molecule has 3 aromatic rings. The average Bonchev–Trinajstić information content (AvgIpc) is 2.54. The van der Waals surface area contributed by atoms with E-state index in [9.17, 15) is 9.59 Å². The summed E-state index contributed by atoms with van der Waals surface area (Å²) in [4.78, 5) is 24.3. The molecule has 3 rings (SSSR count). The second-order valence-corrected chi connectivity index (χ2v) is 5.86. The van der Waals surface area contributed by atoms with Crippen LogP contribution in [0.3, 0.4) is 0 Å². The average molecular weight is 369 g/mol. The SMILES string of the molecule is O=C(NC(=O)c1cccc2ccccc12)Nc1cccc(Br)c1. The van der Waals surface area contributed by atoms with Crippen LogP contribution in [0.1, 0.15) is 10.4 Å². The van der Waals surface area contributed by atoms with E-state index in [1.54, 1.807) is 30.3 Å². The molecule has 0 bridgehead atoms. The van der Waals surface area contributed by atoms with Gasteiger partial charge in [-0.15, -0.1) is 0 Å². The minimum absolute atomic E-state index is 0.436. The smallest absolute Gasteiger partial charge is 0.308 e. The highest BCUT2D eigenvalue weighted by molar-refractivity contribution is 9.10. The van der Waals surface area contributed by atoms with Crippen molar-refractivity contribution >= 4 is 44.3 Å². The summed E-state index contributed by atoms with van der Waals surface area (Å²) >= 11 is 3.33. The zero-order valence-corrected chi connectivity index (χ0v) is 13.6. The van der Waals surface area contributed by atoms with Gasteiger partial charge < -0.3 is 5.32 Å². The third-order valence-electron chi connectivity index (χ3n) is 3.34. The number of nitrogens with one attached hydrogen (secondary N) is 2. The molecule has 0 aliphatic heterocycles. The van der Waals surface area contributed by atoms with Crippen LogP contribution in [0.25, 0.3) is 10.8 Å². The van der Waals surface area contributed by atoms with E-state index in [1.165, 1.54) is 0 Å². The Morgan fingerprint density at radius 1 is 0.870 bits per heavy atom. The lowest BCUT2D eigenvalue weighted by Crippen LogP contribution is -2.34. The summed E-state index contributed by atoms with van der Waals surface area (Å²) in [5.74, 6) is -0.436. The number of amides is 3. The Hall–Kier alpha value is -2.66. The predicted octanol–water partition coefficient (Wildman–Crippen LogP) is 4.56. The molecule has 0 atom stereocenters. The number of carbonyl (C=O) groups excluding carboxylic acids is 2. The number of anilines is 1. The van der Waals surface area contributed by atoms with Crippen LogP contribution in [-0.4, -0.2) is 11.9 Å². The Kier molecular flexibility index (Phi) is 4.39. The highest BCUT2D eigenvalue weighted by Crippen LogP contribution is 2.19. The molecule has 23 heavy (non-hydrogen) atoms. The van der Waals surface area contributed by atoms with Crippen LogP contribution in [0.15, 0.2) is 71.2 Å². The van der Waals surface area contributed by atoms with Crippen molar-refractivity contribution < 1.29 is 9.59 Å². The Balaban J connectivity index is 1.77. The van der Waals surface area contributed by atoms with Crippen molar-refractivity contribution in [3.05, 3.63) is 76.8 Å². The molecule has 0 radical (unpaired) electrons. The highest BCUT2D eigenvalue weighted by Gasteiger charge is 2.13. The van der Waals surface area contributed by atoms with Crippen LogP contribution in [-0.2, 0) is 0 Å². The molecule has 0 aliphatic rings. The summed E-state index contributed by atoms with van der Waals surface area (Å²) in [5.41, 5.74) is 1.06. The van der Waals surface area contributed by atoms with E-state index in [0.29, 0.717) is 11.3 Å². The number of rotatable bonds is 2. The molecule has 0 fully saturated rings. The van der Waals surface area contributed by atoms with Crippen LogP contribution in [0.5, 0.6) is 0 Å². The fourth-order valence-corrected chi connectivity index (χ4v) is 2.72. The molecule has 3 amide bonds. The first-order valence-electron chi connectivity index (χ1n) is 6.99. The van der Waals surface area contributed by atoms with Gasteiger partial charge in [-0.3, -0.25) is 10.1 Å². The van der Waals surface area contributed by atoms with Crippen molar-refractivity contribution in [3.8, 4) is 0 Å². The maximum Gasteiger partial charge on any atom is 0.326 e. The van der Waals surface area contributed by atoms with Gasteiger partial charge in [0.1, 0.15) is 0 Å². The standard InChI is InChI=1S/C18H13BrN2O2/c19-13-7-4-8-14(11-13)20-18(23)21-17(22)16-10-3-6-12-5-1-2-9-15(12)16/h1-11H,(H2,20,21,22,23). The number of fused-ring (bicyclic) bond motifs is 1. The lowest BCUT2D eigenvalue weighted by molar-refractivity contribution is 0.0969. The van der Waals surface area contributed by atoms with Crippen LogP contribution >= 0.6 is 15.9 Å². The van der Waals surface area contributed by atoms with E-state index in [1.807, 2.05) is 36.4 Å². The summed E-state index contributed by atoms with van der Waals surface area (Å²) in [5, 5.41) is 6.74. The normalized spacial score (nSPS) is 10.3. The second kappa shape index (κ2) is 6.62. The third-order valence-corrected chi connectivity index (χ3v) is 3.84. The fourth-order valence-electron chi connectivity index (χ4n) is 2.32. The number of hydrogen-bond acceptors (Lipinski definition) is 2. The lowest BCUT2D eigenvalue weighted by atomic mass is 10.0. The number of halogens is 1. The molecule has 3 aromatic carbocycles. The third kappa shape index (κ3) is 3.57. The van der Waals surface area contributed by atoms with E-state index < -0.39 is 11.9 Å². The molecule has 114 valence electrons. The van der Waals surface area contributed by atoms with Crippen molar-refractivity contribution in [1.29, 1.82) is 0 Å². The van der Waals surface area contributed by atoms with Crippen molar-refractivity contribution in [1.82, 2.24) is 5.32 Å². The van der Waals surface area contributed by atoms with Gasteiger partial charge in [-0.05, 0) is 35.0 Å². The molecule has 0 heterocycles. The van der Waals surface area contributed by atoms with E-state index in [2.05, 4.69) is 26.6 Å². The number of benzene rings is 3. The van der Waals surface area contributed by atoms with Gasteiger partial charge in [-0.25, -0.2) is 4.79 Å². The second-order valence-electron chi connectivity index (χ2n) is 4.95. The first-order chi connectivity index (χ1) is 11.1. The van der Waals surface area contributed by atoms with E-state index >= 15 is 0 Å². The summed E-state index contributed by atoms with van der Waals surface area (Å²) in [6.07, 6.45) is 0. The molecular formula is C18H13BrN2O2. The van der Waals surface area contributed by atoms with Crippen molar-refractivity contribution in [2.24, 2.45) is 0 Å². The quantitative estimate of drug-likeness (QED) is 0.696. The topological polar surface area (TPSA) is 58.2 Å². The monoisotopic (exact) mass is 368 g/mol. The van der Waals surface area contributed by atoms with Crippen molar-refractivity contribution in [2.45, 2.75) is 0 Å². The first-order valence-corrected chi connectivity index (χ1v) is 7.78. The Morgan fingerprint density at radius 3 is 2.43 bits per heavy atom. The van der Waals surface area contributed by atoms with Gasteiger partial charge >= 0.3 is 6.03 Å². The molecule has 0 saturated heterocycles. The van der Waals surface area contributed by atoms with Crippen LogP contribution in [0.4, 0.5) is 10.5 Å². The predicted molar refractivity (Wildman–Crippen MR) is 94.6 cm³/mol. The zero-order chi connectivity index (χ0) is 16.2. The van der Waals surface area contributed by atoms with E-state index in [-0.39, 0.29) is 0 Å².